The topological polar surface area (TPSA) is 67.4 Å². The lowest BCUT2D eigenvalue weighted by molar-refractivity contribution is -0.137. The highest BCUT2D eigenvalue weighted by Crippen LogP contribution is 2.37. The van der Waals surface area contributed by atoms with Gasteiger partial charge < -0.3 is 15.4 Å². The Hall–Kier alpha value is -2.74. The van der Waals surface area contributed by atoms with E-state index in [0.29, 0.717) is 5.69 Å². The molecule has 1 aliphatic heterocycles. The van der Waals surface area contributed by atoms with Crippen molar-refractivity contribution in [3.8, 4) is 5.75 Å². The first-order valence-corrected chi connectivity index (χ1v) is 7.37. The molecule has 0 aromatic heterocycles. The number of carbonyl (C=O) groups is 2. The predicted molar refractivity (Wildman–Crippen MR) is 85.0 cm³/mol. The molecule has 2 aromatic carbocycles. The minimum Gasteiger partial charge on any atom is -0.482 e. The van der Waals surface area contributed by atoms with Gasteiger partial charge in [-0.25, -0.2) is 0 Å². The van der Waals surface area contributed by atoms with Gasteiger partial charge in [-0.3, -0.25) is 9.59 Å². The lowest BCUT2D eigenvalue weighted by Gasteiger charge is -2.20. The molecule has 0 aliphatic carbocycles. The molecule has 0 bridgehead atoms. The molecule has 5 nitrogen and oxygen atoms in total. The lowest BCUT2D eigenvalue weighted by atomic mass is 10.1. The van der Waals surface area contributed by atoms with Gasteiger partial charge in [-0.15, -0.1) is 0 Å². The van der Waals surface area contributed by atoms with Crippen LogP contribution in [0.4, 0.5) is 24.5 Å². The maximum Gasteiger partial charge on any atom is 0.417 e. The molecule has 2 N–H and O–H groups in total. The van der Waals surface area contributed by atoms with Crippen LogP contribution in [0.3, 0.4) is 0 Å². The number of benzene rings is 2. The van der Waals surface area contributed by atoms with E-state index in [0.717, 1.165) is 12.1 Å². The third-order valence-corrected chi connectivity index (χ3v) is 3.74. The number of alkyl halides is 3. The van der Waals surface area contributed by atoms with Gasteiger partial charge in [0.15, 0.2) is 6.61 Å². The number of rotatable bonds is 2. The van der Waals surface area contributed by atoms with Gasteiger partial charge in [0, 0.05) is 6.07 Å². The molecule has 2 amide bonds. The fourth-order valence-corrected chi connectivity index (χ4v) is 2.52. The van der Waals surface area contributed by atoms with Crippen LogP contribution < -0.4 is 15.4 Å². The molecule has 2 aromatic rings. The summed E-state index contributed by atoms with van der Waals surface area (Å²) in [5.41, 5.74) is -1.20. The monoisotopic (exact) mass is 370 g/mol. The van der Waals surface area contributed by atoms with Gasteiger partial charge in [-0.05, 0) is 18.2 Å². The molecule has 0 saturated carbocycles. The number of carbonyl (C=O) groups excluding carboxylic acids is 2. The molecule has 0 unspecified atom stereocenters. The lowest BCUT2D eigenvalue weighted by Crippen LogP contribution is -2.25. The number of halogens is 4. The standard InChI is InChI=1S/C16H10ClF3N2O3/c17-10-5-12-13(25-7-14(23)21-12)6-11(10)22-15(24)8-3-1-2-4-9(8)16(18,19)20/h1-6H,7H2,(H,21,23)(H,22,24). The Morgan fingerprint density at radius 2 is 1.96 bits per heavy atom. The van der Waals surface area contributed by atoms with Crippen molar-refractivity contribution in [2.45, 2.75) is 6.18 Å². The number of hydrogen-bond donors (Lipinski definition) is 2. The molecule has 0 spiro atoms. The van der Waals surface area contributed by atoms with Gasteiger partial charge in [0.05, 0.1) is 27.5 Å². The summed E-state index contributed by atoms with van der Waals surface area (Å²) in [6.45, 7) is -0.209. The van der Waals surface area contributed by atoms with Crippen molar-refractivity contribution < 1.29 is 27.5 Å². The third-order valence-electron chi connectivity index (χ3n) is 3.43. The predicted octanol–water partition coefficient (Wildman–Crippen LogP) is 3.94. The molecule has 9 heteroatoms. The summed E-state index contributed by atoms with van der Waals surface area (Å²) in [5.74, 6) is -1.07. The smallest absolute Gasteiger partial charge is 0.417 e. The molecule has 0 radical (unpaired) electrons. The molecule has 1 heterocycles. The minimum atomic E-state index is -4.67. The minimum absolute atomic E-state index is 0.0439. The van der Waals surface area contributed by atoms with Crippen molar-refractivity contribution in [1.29, 1.82) is 0 Å². The molecule has 0 fully saturated rings. The van der Waals surface area contributed by atoms with Crippen molar-refractivity contribution in [2.75, 3.05) is 17.2 Å². The molecule has 0 atom stereocenters. The first-order chi connectivity index (χ1) is 11.8. The van der Waals surface area contributed by atoms with Crippen LogP contribution in [-0.2, 0) is 11.0 Å². The maximum absolute atomic E-state index is 13.0. The second-order valence-corrected chi connectivity index (χ2v) is 5.57. The zero-order valence-corrected chi connectivity index (χ0v) is 13.2. The highest BCUT2D eigenvalue weighted by molar-refractivity contribution is 6.34. The number of ether oxygens (including phenoxy) is 1. The highest BCUT2D eigenvalue weighted by Gasteiger charge is 2.35. The Balaban J connectivity index is 1.91. The largest absolute Gasteiger partial charge is 0.482 e. The van der Waals surface area contributed by atoms with E-state index in [4.69, 9.17) is 16.3 Å². The average Bonchev–Trinajstić information content (AvgIpc) is 2.55. The van der Waals surface area contributed by atoms with Crippen molar-refractivity contribution in [3.05, 3.63) is 52.5 Å². The Labute approximate surface area is 144 Å². The van der Waals surface area contributed by atoms with Crippen LogP contribution in [0.2, 0.25) is 5.02 Å². The zero-order chi connectivity index (χ0) is 18.2. The molecule has 130 valence electrons. The van der Waals surface area contributed by atoms with Gasteiger partial charge >= 0.3 is 6.18 Å². The fourth-order valence-electron chi connectivity index (χ4n) is 2.31. The molecular formula is C16H10ClF3N2O3. The van der Waals surface area contributed by atoms with Crippen LogP contribution in [-0.4, -0.2) is 18.4 Å². The van der Waals surface area contributed by atoms with E-state index >= 15 is 0 Å². The first kappa shape index (κ1) is 17.1. The van der Waals surface area contributed by atoms with E-state index in [1.165, 1.54) is 24.3 Å². The van der Waals surface area contributed by atoms with Crippen LogP contribution in [0, 0.1) is 0 Å². The number of anilines is 2. The molecule has 0 saturated heterocycles. The van der Waals surface area contributed by atoms with Crippen LogP contribution >= 0.6 is 11.6 Å². The Bertz CT molecular complexity index is 868. The second-order valence-electron chi connectivity index (χ2n) is 5.16. The Morgan fingerprint density at radius 1 is 1.24 bits per heavy atom. The van der Waals surface area contributed by atoms with E-state index in [1.807, 2.05) is 0 Å². The number of nitrogens with one attached hydrogen (secondary N) is 2. The Kier molecular flexibility index (Phi) is 4.30. The van der Waals surface area contributed by atoms with Gasteiger partial charge in [0.25, 0.3) is 11.8 Å². The summed E-state index contributed by atoms with van der Waals surface area (Å²) in [4.78, 5) is 23.5. The normalized spacial score (nSPS) is 13.5. The van der Waals surface area contributed by atoms with Crippen LogP contribution in [0.15, 0.2) is 36.4 Å². The quantitative estimate of drug-likeness (QED) is 0.841. The van der Waals surface area contributed by atoms with Gasteiger partial charge in [0.1, 0.15) is 5.75 Å². The van der Waals surface area contributed by atoms with Crippen molar-refractivity contribution in [3.63, 3.8) is 0 Å². The number of fused-ring (bicyclic) bond motifs is 1. The average molecular weight is 371 g/mol. The van der Waals surface area contributed by atoms with Crippen LogP contribution in [0.25, 0.3) is 0 Å². The van der Waals surface area contributed by atoms with Crippen LogP contribution in [0.5, 0.6) is 5.75 Å². The third kappa shape index (κ3) is 3.53. The van der Waals surface area contributed by atoms with E-state index in [9.17, 15) is 22.8 Å². The molecule has 3 rings (SSSR count). The summed E-state index contributed by atoms with van der Waals surface area (Å²) >= 11 is 6.03. The number of hydrogen-bond acceptors (Lipinski definition) is 3. The zero-order valence-electron chi connectivity index (χ0n) is 12.4. The van der Waals surface area contributed by atoms with Crippen molar-refractivity contribution >= 4 is 34.8 Å². The summed E-state index contributed by atoms with van der Waals surface area (Å²) in [6.07, 6.45) is -4.67. The summed E-state index contributed by atoms with van der Waals surface area (Å²) in [5, 5.41) is 4.91. The number of amides is 2. The molecular weight excluding hydrogens is 361 g/mol. The van der Waals surface area contributed by atoms with E-state index < -0.39 is 23.2 Å². The second kappa shape index (κ2) is 6.29. The van der Waals surface area contributed by atoms with Crippen molar-refractivity contribution in [2.24, 2.45) is 0 Å². The van der Waals surface area contributed by atoms with Gasteiger partial charge in [-0.2, -0.15) is 13.2 Å². The van der Waals surface area contributed by atoms with Crippen molar-refractivity contribution in [1.82, 2.24) is 0 Å². The summed E-state index contributed by atoms with van der Waals surface area (Å²) < 4.78 is 44.3. The fraction of sp³-hybridized carbons (Fsp3) is 0.125. The molecule has 25 heavy (non-hydrogen) atoms. The first-order valence-electron chi connectivity index (χ1n) is 6.99. The highest BCUT2D eigenvalue weighted by atomic mass is 35.5. The van der Waals surface area contributed by atoms with E-state index in [1.54, 1.807) is 0 Å². The summed E-state index contributed by atoms with van der Waals surface area (Å²) in [7, 11) is 0. The van der Waals surface area contributed by atoms with Gasteiger partial charge in [0.2, 0.25) is 0 Å². The maximum atomic E-state index is 13.0. The summed E-state index contributed by atoms with van der Waals surface area (Å²) in [6, 6.07) is 7.10. The SMILES string of the molecule is O=C1COc2cc(NC(=O)c3ccccc3C(F)(F)F)c(Cl)cc2N1. The van der Waals surface area contributed by atoms with E-state index in [2.05, 4.69) is 10.6 Å². The van der Waals surface area contributed by atoms with Crippen LogP contribution in [0.1, 0.15) is 15.9 Å². The van der Waals surface area contributed by atoms with E-state index in [-0.39, 0.29) is 29.0 Å². The molecule has 1 aliphatic rings. The Morgan fingerprint density at radius 3 is 2.68 bits per heavy atom. The van der Waals surface area contributed by atoms with Gasteiger partial charge in [-0.1, -0.05) is 23.7 Å².